The molecule has 0 spiro atoms. The first-order chi connectivity index (χ1) is 13.8. The van der Waals surface area contributed by atoms with Gasteiger partial charge in [-0.05, 0) is 13.8 Å². The van der Waals surface area contributed by atoms with Gasteiger partial charge in [-0.25, -0.2) is 19.6 Å². The number of hydrogen-bond acceptors (Lipinski definition) is 10. The molecule has 0 bridgehead atoms. The minimum Gasteiger partial charge on any atom is -0.479 e. The first kappa shape index (κ1) is 22.9. The number of nitrogens with two attached hydrogens (primary N) is 1. The van der Waals surface area contributed by atoms with E-state index in [0.29, 0.717) is 0 Å². The van der Waals surface area contributed by atoms with Gasteiger partial charge in [0, 0.05) is 5.38 Å². The molecule has 13 nitrogen and oxygen atoms in total. The van der Waals surface area contributed by atoms with Crippen LogP contribution in [-0.2, 0) is 28.9 Å². The normalized spacial score (nSPS) is 18.5. The molecular weight excluding hydrogens is 436 g/mol. The smallest absolute Gasteiger partial charge is 0.479 e. The number of carboxylic acid groups (broad SMARTS) is 2. The number of halogens is 2. The summed E-state index contributed by atoms with van der Waals surface area (Å²) >= 11 is 0.834. The number of nitrogens with one attached hydrogen (secondary N) is 1. The Morgan fingerprint density at radius 3 is 2.53 bits per heavy atom. The molecule has 0 aliphatic carbocycles. The molecule has 16 heteroatoms. The molecule has 5 N–H and O–H groups in total. The van der Waals surface area contributed by atoms with Gasteiger partial charge in [0.15, 0.2) is 17.5 Å². The number of carbonyl (C=O) groups is 4. The summed E-state index contributed by atoms with van der Waals surface area (Å²) in [5, 5.41) is 24.0. The minimum atomic E-state index is -4.74. The summed E-state index contributed by atoms with van der Waals surface area (Å²) < 4.78 is 26.4. The third kappa shape index (κ3) is 4.60. The number of oxime groups is 1. The number of anilines is 1. The van der Waals surface area contributed by atoms with Crippen molar-refractivity contribution in [2.45, 2.75) is 31.5 Å². The van der Waals surface area contributed by atoms with Crippen molar-refractivity contribution in [2.24, 2.45) is 5.16 Å². The molecular formula is C14H15F2N5O8S. The van der Waals surface area contributed by atoms with Crippen molar-refractivity contribution in [1.82, 2.24) is 15.4 Å². The standard InChI is InChI=1S/C14H15F2N5O8S/c1-13(2)8(10(25)21(13)28-3-6(22)23)19-9(24)7(5-4-30-12(17)18-5)20-29-14(15,16)11(26)27/h4,8H,3H2,1-2H3,(H2,17,18)(H,19,24)(H,22,23)(H,26,27)/b20-7-/t8-/m1/s1. The Kier molecular flexibility index (Phi) is 6.22. The Hall–Kier alpha value is -3.40. The van der Waals surface area contributed by atoms with E-state index in [1.54, 1.807) is 0 Å². The van der Waals surface area contributed by atoms with E-state index >= 15 is 0 Å². The van der Waals surface area contributed by atoms with Gasteiger partial charge in [0.25, 0.3) is 11.8 Å². The van der Waals surface area contributed by atoms with Crippen LogP contribution >= 0.6 is 11.3 Å². The SMILES string of the molecule is CC1(C)[C@H](NC(=O)/C(=N\OC(F)(F)C(=O)O)c2csc(N)n2)C(=O)N1OCC(=O)O. The molecule has 2 heterocycles. The van der Waals surface area contributed by atoms with Gasteiger partial charge in [-0.1, -0.05) is 5.16 Å². The van der Waals surface area contributed by atoms with Gasteiger partial charge in [-0.3, -0.25) is 14.4 Å². The Morgan fingerprint density at radius 2 is 2.07 bits per heavy atom. The largest absolute Gasteiger partial charge is 0.521 e. The number of nitrogen functional groups attached to an aromatic ring is 1. The topological polar surface area (TPSA) is 194 Å². The highest BCUT2D eigenvalue weighted by Crippen LogP contribution is 2.32. The fraction of sp³-hybridized carbons (Fsp3) is 0.429. The molecule has 0 unspecified atom stereocenters. The van der Waals surface area contributed by atoms with Gasteiger partial charge in [0.2, 0.25) is 0 Å². The van der Waals surface area contributed by atoms with E-state index in [-0.39, 0.29) is 10.8 Å². The number of carboxylic acids is 2. The van der Waals surface area contributed by atoms with Crippen LogP contribution < -0.4 is 11.1 Å². The van der Waals surface area contributed by atoms with Crippen LogP contribution in [-0.4, -0.2) is 74.0 Å². The zero-order chi connectivity index (χ0) is 22.9. The molecule has 1 atom stereocenters. The van der Waals surface area contributed by atoms with Crippen molar-refractivity contribution in [1.29, 1.82) is 0 Å². The van der Waals surface area contributed by atoms with Gasteiger partial charge in [0.05, 0.1) is 5.54 Å². The van der Waals surface area contributed by atoms with E-state index < -0.39 is 53.8 Å². The molecule has 1 fully saturated rings. The Labute approximate surface area is 170 Å². The first-order valence-electron chi connectivity index (χ1n) is 7.85. The first-order valence-corrected chi connectivity index (χ1v) is 8.73. The second-order valence-electron chi connectivity index (χ2n) is 6.28. The third-order valence-corrected chi connectivity index (χ3v) is 4.42. The fourth-order valence-corrected chi connectivity index (χ4v) is 2.83. The maximum atomic E-state index is 13.2. The van der Waals surface area contributed by atoms with Crippen molar-refractivity contribution in [3.8, 4) is 0 Å². The monoisotopic (exact) mass is 451 g/mol. The second kappa shape index (κ2) is 8.15. The predicted molar refractivity (Wildman–Crippen MR) is 93.2 cm³/mol. The summed E-state index contributed by atoms with van der Waals surface area (Å²) in [6.07, 6.45) is -4.74. The number of amides is 2. The molecule has 1 aliphatic heterocycles. The Balaban J connectivity index is 2.22. The Bertz CT molecular complexity index is 918. The van der Waals surface area contributed by atoms with Crippen LogP contribution in [0.15, 0.2) is 10.5 Å². The molecule has 1 aromatic rings. The van der Waals surface area contributed by atoms with Crippen molar-refractivity contribution in [3.05, 3.63) is 11.1 Å². The van der Waals surface area contributed by atoms with E-state index in [9.17, 15) is 28.0 Å². The summed E-state index contributed by atoms with van der Waals surface area (Å²) in [4.78, 5) is 58.0. The number of hydroxylamine groups is 2. The lowest BCUT2D eigenvalue weighted by molar-refractivity contribution is -0.257. The predicted octanol–water partition coefficient (Wildman–Crippen LogP) is -0.755. The van der Waals surface area contributed by atoms with Crippen LogP contribution in [0, 0.1) is 0 Å². The number of rotatable bonds is 9. The molecule has 164 valence electrons. The van der Waals surface area contributed by atoms with Gasteiger partial charge in [-0.15, -0.1) is 11.3 Å². The maximum absolute atomic E-state index is 13.2. The highest BCUT2D eigenvalue weighted by atomic mass is 32.1. The molecule has 1 aliphatic rings. The molecule has 0 saturated carbocycles. The van der Waals surface area contributed by atoms with Gasteiger partial charge < -0.3 is 26.1 Å². The van der Waals surface area contributed by atoms with Crippen molar-refractivity contribution < 1.29 is 47.8 Å². The molecule has 1 aromatic heterocycles. The van der Waals surface area contributed by atoms with Crippen LogP contribution in [0.25, 0.3) is 0 Å². The molecule has 0 radical (unpaired) electrons. The highest BCUT2D eigenvalue weighted by Gasteiger charge is 2.56. The zero-order valence-corrected chi connectivity index (χ0v) is 16.1. The Morgan fingerprint density at radius 1 is 1.43 bits per heavy atom. The zero-order valence-electron chi connectivity index (χ0n) is 15.3. The van der Waals surface area contributed by atoms with Crippen LogP contribution in [0.5, 0.6) is 0 Å². The quantitative estimate of drug-likeness (QED) is 0.211. The van der Waals surface area contributed by atoms with E-state index in [1.165, 1.54) is 19.2 Å². The molecule has 2 rings (SSSR count). The number of nitrogens with zero attached hydrogens (tertiary/aromatic N) is 3. The average Bonchev–Trinajstić information content (AvgIpc) is 3.05. The van der Waals surface area contributed by atoms with Crippen molar-refractivity contribution >= 4 is 45.9 Å². The van der Waals surface area contributed by atoms with Crippen LogP contribution in [0.4, 0.5) is 13.9 Å². The average molecular weight is 451 g/mol. The summed E-state index contributed by atoms with van der Waals surface area (Å²) in [7, 11) is 0. The number of hydrogen-bond donors (Lipinski definition) is 4. The lowest BCUT2D eigenvalue weighted by Crippen LogP contribution is -2.76. The number of thiazole rings is 1. The summed E-state index contributed by atoms with van der Waals surface area (Å²) in [5.74, 6) is -6.00. The summed E-state index contributed by atoms with van der Waals surface area (Å²) in [6, 6.07) is -1.25. The summed E-state index contributed by atoms with van der Waals surface area (Å²) in [6.45, 7) is 2.07. The number of aliphatic carboxylic acids is 2. The lowest BCUT2D eigenvalue weighted by Gasteiger charge is -2.51. The van der Waals surface area contributed by atoms with E-state index in [2.05, 4.69) is 20.3 Å². The van der Waals surface area contributed by atoms with Gasteiger partial charge in [0.1, 0.15) is 11.7 Å². The second-order valence-corrected chi connectivity index (χ2v) is 7.17. The number of aromatic nitrogens is 1. The molecule has 1 saturated heterocycles. The van der Waals surface area contributed by atoms with Gasteiger partial charge >= 0.3 is 18.0 Å². The molecule has 30 heavy (non-hydrogen) atoms. The van der Waals surface area contributed by atoms with E-state index in [4.69, 9.17) is 20.8 Å². The highest BCUT2D eigenvalue weighted by molar-refractivity contribution is 7.13. The summed E-state index contributed by atoms with van der Waals surface area (Å²) in [5.41, 5.74) is 3.06. The molecule has 0 aromatic carbocycles. The fourth-order valence-electron chi connectivity index (χ4n) is 2.29. The minimum absolute atomic E-state index is 0.0520. The van der Waals surface area contributed by atoms with Crippen LogP contribution in [0.3, 0.4) is 0 Å². The van der Waals surface area contributed by atoms with E-state index in [0.717, 1.165) is 16.4 Å². The van der Waals surface area contributed by atoms with Crippen molar-refractivity contribution in [3.63, 3.8) is 0 Å². The van der Waals surface area contributed by atoms with Crippen LogP contribution in [0.1, 0.15) is 19.5 Å². The maximum Gasteiger partial charge on any atom is 0.521 e. The number of carbonyl (C=O) groups excluding carboxylic acids is 2. The van der Waals surface area contributed by atoms with Gasteiger partial charge in [-0.2, -0.15) is 8.78 Å². The number of alkyl halides is 2. The van der Waals surface area contributed by atoms with Crippen LogP contribution in [0.2, 0.25) is 0 Å². The van der Waals surface area contributed by atoms with E-state index in [1.807, 2.05) is 0 Å². The number of β-lactam (4-membered cyclic amide) rings is 1. The lowest BCUT2D eigenvalue weighted by atomic mass is 9.84. The molecule has 2 amide bonds. The third-order valence-electron chi connectivity index (χ3n) is 3.75. The van der Waals surface area contributed by atoms with Crippen molar-refractivity contribution in [2.75, 3.05) is 12.3 Å².